The molecule has 0 bridgehead atoms. The second-order valence-electron chi connectivity index (χ2n) is 9.93. The van der Waals surface area contributed by atoms with Crippen molar-refractivity contribution >= 4 is 28.0 Å². The molecule has 2 saturated heterocycles. The lowest BCUT2D eigenvalue weighted by Gasteiger charge is -2.28. The Kier molecular flexibility index (Phi) is 5.45. The third kappa shape index (κ3) is 4.13. The summed E-state index contributed by atoms with van der Waals surface area (Å²) >= 11 is 0. The lowest BCUT2D eigenvalue weighted by molar-refractivity contribution is 0.0292. The lowest BCUT2D eigenvalue weighted by atomic mass is 10.0. The van der Waals surface area contributed by atoms with Crippen molar-refractivity contribution in [3.63, 3.8) is 0 Å². The molecule has 0 N–H and O–H groups in total. The number of nitrogens with zero attached hydrogens (tertiary/aromatic N) is 5. The maximum Gasteiger partial charge on any atom is 0.410 e. The smallest absolute Gasteiger partial charge is 0.410 e. The van der Waals surface area contributed by atoms with Crippen LogP contribution in [0.15, 0.2) is 24.4 Å². The Balaban J connectivity index is 1.59. The number of carbonyl (C=O) groups excluding carboxylic acids is 1. The highest BCUT2D eigenvalue weighted by Gasteiger charge is 2.35. The van der Waals surface area contributed by atoms with Crippen molar-refractivity contribution in [2.75, 3.05) is 26.3 Å². The van der Waals surface area contributed by atoms with Gasteiger partial charge in [0.05, 0.1) is 28.9 Å². The van der Waals surface area contributed by atoms with Crippen molar-refractivity contribution in [2.24, 2.45) is 0 Å². The van der Waals surface area contributed by atoms with Crippen LogP contribution in [0.5, 0.6) is 0 Å². The van der Waals surface area contributed by atoms with E-state index in [0.29, 0.717) is 31.9 Å². The third-order valence-corrected chi connectivity index (χ3v) is 6.43. The minimum absolute atomic E-state index is 0.113. The maximum absolute atomic E-state index is 12.7. The average Bonchev–Trinajstić information content (AvgIpc) is 3.43. The Bertz CT molecular complexity index is 1250. The van der Waals surface area contributed by atoms with E-state index in [9.17, 15) is 10.1 Å². The minimum atomic E-state index is -0.520. The normalized spacial score (nSPS) is 19.8. The zero-order valence-corrected chi connectivity index (χ0v) is 19.4. The number of aromatic nitrogens is 3. The summed E-state index contributed by atoms with van der Waals surface area (Å²) in [6.07, 6.45) is 4.19. The van der Waals surface area contributed by atoms with Gasteiger partial charge in [-0.05, 0) is 58.2 Å². The van der Waals surface area contributed by atoms with E-state index in [0.717, 1.165) is 47.0 Å². The number of imidazole rings is 1. The van der Waals surface area contributed by atoms with Gasteiger partial charge in [0.25, 0.3) is 0 Å². The van der Waals surface area contributed by atoms with Gasteiger partial charge in [-0.1, -0.05) is 0 Å². The van der Waals surface area contributed by atoms with Gasteiger partial charge in [0.2, 0.25) is 0 Å². The summed E-state index contributed by atoms with van der Waals surface area (Å²) in [4.78, 5) is 24.1. The van der Waals surface area contributed by atoms with Crippen molar-refractivity contribution in [3.8, 4) is 6.07 Å². The van der Waals surface area contributed by atoms with Crippen LogP contribution in [0.3, 0.4) is 0 Å². The Morgan fingerprint density at radius 1 is 1.21 bits per heavy atom. The first-order chi connectivity index (χ1) is 15.8. The first-order valence-corrected chi connectivity index (χ1v) is 11.6. The van der Waals surface area contributed by atoms with Gasteiger partial charge in [-0.3, -0.25) is 4.98 Å². The number of hydrogen-bond donors (Lipinski definition) is 0. The molecule has 33 heavy (non-hydrogen) atoms. The summed E-state index contributed by atoms with van der Waals surface area (Å²) in [5, 5.41) is 10.4. The molecule has 2 aliphatic rings. The Morgan fingerprint density at radius 2 is 2.00 bits per heavy atom. The van der Waals surface area contributed by atoms with Crippen LogP contribution >= 0.6 is 0 Å². The van der Waals surface area contributed by atoms with Gasteiger partial charge in [0.15, 0.2) is 0 Å². The molecule has 2 fully saturated rings. The highest BCUT2D eigenvalue weighted by atomic mass is 16.6. The molecule has 0 saturated carbocycles. The molecule has 2 aliphatic heterocycles. The largest absolute Gasteiger partial charge is 0.444 e. The number of hydrogen-bond acceptors (Lipinski definition) is 6. The molecule has 0 spiro atoms. The van der Waals surface area contributed by atoms with Gasteiger partial charge in [0.1, 0.15) is 16.9 Å². The molecule has 172 valence electrons. The topological polar surface area (TPSA) is 93.3 Å². The van der Waals surface area contributed by atoms with E-state index in [1.165, 1.54) is 0 Å². The van der Waals surface area contributed by atoms with Crippen LogP contribution in [-0.4, -0.2) is 57.4 Å². The van der Waals surface area contributed by atoms with Gasteiger partial charge in [-0.25, -0.2) is 9.78 Å². The number of amides is 1. The highest BCUT2D eigenvalue weighted by Crippen LogP contribution is 2.37. The van der Waals surface area contributed by atoms with Crippen molar-refractivity contribution in [1.82, 2.24) is 19.4 Å². The van der Waals surface area contributed by atoms with Crippen molar-refractivity contribution < 1.29 is 14.3 Å². The molecule has 1 amide bonds. The van der Waals surface area contributed by atoms with E-state index in [4.69, 9.17) is 14.5 Å². The predicted octanol–water partition coefficient (Wildman–Crippen LogP) is 4.53. The zero-order chi connectivity index (χ0) is 23.2. The van der Waals surface area contributed by atoms with E-state index in [1.807, 2.05) is 39.1 Å². The Morgan fingerprint density at radius 3 is 2.73 bits per heavy atom. The van der Waals surface area contributed by atoms with Crippen LogP contribution in [-0.2, 0) is 9.47 Å². The standard InChI is InChI=1S/C25H29N5O3/c1-25(2,3)33-24(31)29-9-6-17(15-29)23-28-21-14-27-20-5-4-16(13-26)12-19(20)22(21)30(23)18-7-10-32-11-8-18/h4-5,12,14,17-18H,6-11,15H2,1-3H3/t17-/m0/s1. The molecule has 2 aromatic heterocycles. The molecule has 0 aliphatic carbocycles. The summed E-state index contributed by atoms with van der Waals surface area (Å²) in [6.45, 7) is 8.31. The number of benzene rings is 1. The summed E-state index contributed by atoms with van der Waals surface area (Å²) < 4.78 is 13.6. The first-order valence-electron chi connectivity index (χ1n) is 11.6. The summed E-state index contributed by atoms with van der Waals surface area (Å²) in [5.41, 5.74) is 2.79. The minimum Gasteiger partial charge on any atom is -0.444 e. The fourth-order valence-corrected chi connectivity index (χ4v) is 4.93. The molecule has 3 aromatic rings. The molecule has 0 radical (unpaired) electrons. The molecular formula is C25H29N5O3. The van der Waals surface area contributed by atoms with Gasteiger partial charge >= 0.3 is 6.09 Å². The molecule has 8 heteroatoms. The number of ether oxygens (including phenoxy) is 2. The Hall–Kier alpha value is -3.18. The molecule has 0 unspecified atom stereocenters. The molecular weight excluding hydrogens is 418 g/mol. The SMILES string of the molecule is CC(C)(C)OC(=O)N1CC[C@H](c2nc3cnc4ccc(C#N)cc4c3n2C2CCOCC2)C1. The van der Waals surface area contributed by atoms with Gasteiger partial charge in [-0.2, -0.15) is 5.26 Å². The second kappa shape index (κ2) is 8.31. The summed E-state index contributed by atoms with van der Waals surface area (Å²) in [7, 11) is 0. The third-order valence-electron chi connectivity index (χ3n) is 6.43. The van der Waals surface area contributed by atoms with Crippen molar-refractivity contribution in [1.29, 1.82) is 5.26 Å². The lowest BCUT2D eigenvalue weighted by Crippen LogP contribution is -2.35. The molecule has 1 atom stereocenters. The van der Waals surface area contributed by atoms with Crippen molar-refractivity contribution in [3.05, 3.63) is 35.8 Å². The van der Waals surface area contributed by atoms with Crippen LogP contribution in [0.25, 0.3) is 21.9 Å². The van der Waals surface area contributed by atoms with Crippen LogP contribution in [0, 0.1) is 11.3 Å². The molecule has 4 heterocycles. The predicted molar refractivity (Wildman–Crippen MR) is 124 cm³/mol. The van der Waals surface area contributed by atoms with Crippen LogP contribution in [0.1, 0.15) is 63.4 Å². The molecule has 5 rings (SSSR count). The zero-order valence-electron chi connectivity index (χ0n) is 19.4. The molecule has 8 nitrogen and oxygen atoms in total. The van der Waals surface area contributed by atoms with Crippen LogP contribution in [0.2, 0.25) is 0 Å². The van der Waals surface area contributed by atoms with E-state index in [1.54, 1.807) is 11.0 Å². The maximum atomic E-state index is 12.7. The van der Waals surface area contributed by atoms with Crippen molar-refractivity contribution in [2.45, 2.75) is 57.6 Å². The number of carbonyl (C=O) groups is 1. The second-order valence-corrected chi connectivity index (χ2v) is 9.93. The number of rotatable bonds is 2. The van der Waals surface area contributed by atoms with Gasteiger partial charge < -0.3 is 18.9 Å². The van der Waals surface area contributed by atoms with E-state index in [2.05, 4.69) is 15.6 Å². The first kappa shape index (κ1) is 21.7. The fourth-order valence-electron chi connectivity index (χ4n) is 4.93. The van der Waals surface area contributed by atoms with E-state index < -0.39 is 5.60 Å². The van der Waals surface area contributed by atoms with Gasteiger partial charge in [-0.15, -0.1) is 0 Å². The fraction of sp³-hybridized carbons (Fsp3) is 0.520. The summed E-state index contributed by atoms with van der Waals surface area (Å²) in [5.74, 6) is 1.10. The van der Waals surface area contributed by atoms with E-state index in [-0.39, 0.29) is 18.1 Å². The van der Waals surface area contributed by atoms with Crippen LogP contribution < -0.4 is 0 Å². The van der Waals surface area contributed by atoms with Crippen LogP contribution in [0.4, 0.5) is 4.79 Å². The number of likely N-dealkylation sites (tertiary alicyclic amines) is 1. The van der Waals surface area contributed by atoms with E-state index >= 15 is 0 Å². The average molecular weight is 448 g/mol. The molecule has 1 aromatic carbocycles. The summed E-state index contributed by atoms with van der Waals surface area (Å²) in [6, 6.07) is 8.11. The Labute approximate surface area is 193 Å². The number of pyridine rings is 1. The monoisotopic (exact) mass is 447 g/mol. The highest BCUT2D eigenvalue weighted by molar-refractivity contribution is 6.03. The number of fused-ring (bicyclic) bond motifs is 3. The quantitative estimate of drug-likeness (QED) is 0.573. The van der Waals surface area contributed by atoms with Gasteiger partial charge in [0, 0.05) is 43.6 Å². The number of nitriles is 1.